The molecule has 1 heterocycles. The van der Waals surface area contributed by atoms with Crippen molar-refractivity contribution in [2.45, 2.75) is 19.4 Å². The topological polar surface area (TPSA) is 58.4 Å². The minimum absolute atomic E-state index is 0.0178. The van der Waals surface area contributed by atoms with Crippen LogP contribution >= 0.6 is 11.6 Å². The van der Waals surface area contributed by atoms with Crippen LogP contribution in [0.2, 0.25) is 5.02 Å². The van der Waals surface area contributed by atoms with Gasteiger partial charge in [-0.15, -0.1) is 0 Å². The summed E-state index contributed by atoms with van der Waals surface area (Å²) in [5.41, 5.74) is 8.22. The van der Waals surface area contributed by atoms with Gasteiger partial charge in [0.2, 0.25) is 5.91 Å². The molecule has 1 amide bonds. The van der Waals surface area contributed by atoms with Crippen LogP contribution in [0.5, 0.6) is 0 Å². The largest absolute Gasteiger partial charge is 0.361 e. The van der Waals surface area contributed by atoms with Gasteiger partial charge in [0.15, 0.2) is 0 Å². The van der Waals surface area contributed by atoms with Gasteiger partial charge in [-0.3, -0.25) is 4.79 Å². The first kappa shape index (κ1) is 12.2. The Morgan fingerprint density at radius 2 is 2.24 bits per heavy atom. The molecule has 1 aliphatic rings. The molecule has 92 valence electrons. The zero-order chi connectivity index (χ0) is 12.6. The third-order valence-corrected chi connectivity index (χ3v) is 3.62. The highest BCUT2D eigenvalue weighted by molar-refractivity contribution is 6.32. The first-order valence-corrected chi connectivity index (χ1v) is 5.97. The molecular formula is C12H16ClN3O. The fraction of sp³-hybridized carbons (Fsp3) is 0.417. The smallest absolute Gasteiger partial charge is 0.247 e. The summed E-state index contributed by atoms with van der Waals surface area (Å²) in [6.45, 7) is 2.39. The van der Waals surface area contributed by atoms with Gasteiger partial charge < -0.3 is 16.0 Å². The minimum atomic E-state index is -0.201. The monoisotopic (exact) mass is 253 g/mol. The Bertz CT molecular complexity index is 461. The van der Waals surface area contributed by atoms with E-state index in [4.69, 9.17) is 17.3 Å². The van der Waals surface area contributed by atoms with E-state index in [-0.39, 0.29) is 11.9 Å². The number of likely N-dealkylation sites (N-methyl/N-ethyl adjacent to an activating group) is 1. The number of carbonyl (C=O) groups excluding carboxylic acids is 1. The van der Waals surface area contributed by atoms with Crippen molar-refractivity contribution in [3.63, 3.8) is 0 Å². The highest BCUT2D eigenvalue weighted by Gasteiger charge is 2.30. The Morgan fingerprint density at radius 1 is 1.53 bits per heavy atom. The molecule has 1 aromatic rings. The van der Waals surface area contributed by atoms with Gasteiger partial charge in [0, 0.05) is 12.1 Å². The number of amides is 1. The van der Waals surface area contributed by atoms with Crippen molar-refractivity contribution in [3.8, 4) is 0 Å². The molecular weight excluding hydrogens is 238 g/mol. The van der Waals surface area contributed by atoms with Gasteiger partial charge in [-0.1, -0.05) is 11.6 Å². The molecule has 0 aromatic heterocycles. The van der Waals surface area contributed by atoms with Crippen molar-refractivity contribution in [1.29, 1.82) is 0 Å². The van der Waals surface area contributed by atoms with E-state index in [1.807, 2.05) is 31.0 Å². The molecule has 5 heteroatoms. The predicted molar refractivity (Wildman–Crippen MR) is 70.7 cm³/mol. The van der Waals surface area contributed by atoms with E-state index >= 15 is 0 Å². The maximum Gasteiger partial charge on any atom is 0.247 e. The highest BCUT2D eigenvalue weighted by Crippen LogP contribution is 2.37. The van der Waals surface area contributed by atoms with Crippen LogP contribution in [0.25, 0.3) is 0 Å². The summed E-state index contributed by atoms with van der Waals surface area (Å²) in [7, 11) is 1.91. The molecule has 1 aliphatic heterocycles. The van der Waals surface area contributed by atoms with Crippen LogP contribution in [0.4, 0.5) is 11.4 Å². The molecule has 0 saturated heterocycles. The summed E-state index contributed by atoms with van der Waals surface area (Å²) in [6, 6.07) is 3.57. The lowest BCUT2D eigenvalue weighted by atomic mass is 10.0. The zero-order valence-electron chi connectivity index (χ0n) is 9.96. The van der Waals surface area contributed by atoms with Crippen LogP contribution in [0, 0.1) is 6.92 Å². The second-order valence-corrected chi connectivity index (χ2v) is 4.67. The van der Waals surface area contributed by atoms with E-state index in [2.05, 4.69) is 5.32 Å². The lowest BCUT2D eigenvalue weighted by molar-refractivity contribution is -0.117. The van der Waals surface area contributed by atoms with Crippen molar-refractivity contribution >= 4 is 28.9 Å². The van der Waals surface area contributed by atoms with E-state index in [1.165, 1.54) is 0 Å². The SMILES string of the molecule is Cc1c(Cl)ccc2c1NC(=O)C(CCN)N2C. The molecule has 0 bridgehead atoms. The van der Waals surface area contributed by atoms with Gasteiger partial charge in [-0.05, 0) is 37.6 Å². The molecule has 0 radical (unpaired) electrons. The maximum absolute atomic E-state index is 12.0. The normalized spacial score (nSPS) is 18.9. The van der Waals surface area contributed by atoms with Gasteiger partial charge >= 0.3 is 0 Å². The fourth-order valence-electron chi connectivity index (χ4n) is 2.16. The first-order valence-electron chi connectivity index (χ1n) is 5.59. The van der Waals surface area contributed by atoms with Crippen LogP contribution in [0.1, 0.15) is 12.0 Å². The number of nitrogens with two attached hydrogens (primary N) is 1. The van der Waals surface area contributed by atoms with Gasteiger partial charge in [-0.2, -0.15) is 0 Å². The minimum Gasteiger partial charge on any atom is -0.361 e. The standard InChI is InChI=1S/C12H16ClN3O/c1-7-8(13)3-4-9-11(7)15-12(17)10(5-6-14)16(9)2/h3-4,10H,5-6,14H2,1-2H3,(H,15,17). The van der Waals surface area contributed by atoms with Crippen molar-refractivity contribution < 1.29 is 4.79 Å². The lowest BCUT2D eigenvalue weighted by Gasteiger charge is -2.36. The number of nitrogens with one attached hydrogen (secondary N) is 1. The van der Waals surface area contributed by atoms with Gasteiger partial charge in [0.25, 0.3) is 0 Å². The molecule has 0 saturated carbocycles. The molecule has 2 rings (SSSR count). The van der Waals surface area contributed by atoms with Crippen LogP contribution < -0.4 is 16.0 Å². The molecule has 0 fully saturated rings. The molecule has 1 atom stereocenters. The van der Waals surface area contributed by atoms with Crippen LogP contribution in [-0.2, 0) is 4.79 Å². The van der Waals surface area contributed by atoms with Crippen LogP contribution in [0.15, 0.2) is 12.1 Å². The summed E-state index contributed by atoms with van der Waals surface area (Å²) >= 11 is 6.05. The van der Waals surface area contributed by atoms with E-state index < -0.39 is 0 Å². The molecule has 0 aliphatic carbocycles. The Labute approximate surface area is 106 Å². The van der Waals surface area contributed by atoms with Crippen molar-refractivity contribution in [1.82, 2.24) is 0 Å². The molecule has 3 N–H and O–H groups in total. The zero-order valence-corrected chi connectivity index (χ0v) is 10.7. The number of benzene rings is 1. The Hall–Kier alpha value is -1.26. The summed E-state index contributed by atoms with van der Waals surface area (Å²) in [5, 5.41) is 3.58. The van der Waals surface area contributed by atoms with E-state index in [9.17, 15) is 4.79 Å². The molecule has 4 nitrogen and oxygen atoms in total. The Balaban J connectivity index is 2.45. The number of fused-ring (bicyclic) bond motifs is 1. The van der Waals surface area contributed by atoms with Crippen molar-refractivity contribution in [2.24, 2.45) is 5.73 Å². The van der Waals surface area contributed by atoms with Crippen LogP contribution in [-0.4, -0.2) is 25.5 Å². The third-order valence-electron chi connectivity index (χ3n) is 3.22. The Morgan fingerprint density at radius 3 is 2.88 bits per heavy atom. The predicted octanol–water partition coefficient (Wildman–Crippen LogP) is 1.75. The second-order valence-electron chi connectivity index (χ2n) is 4.26. The van der Waals surface area contributed by atoms with E-state index in [0.717, 1.165) is 16.9 Å². The summed E-state index contributed by atoms with van der Waals surface area (Å²) in [6.07, 6.45) is 0.642. The number of carbonyl (C=O) groups is 1. The van der Waals surface area contributed by atoms with E-state index in [1.54, 1.807) is 0 Å². The molecule has 1 unspecified atom stereocenters. The summed E-state index contributed by atoms with van der Waals surface area (Å²) in [5.74, 6) is -0.0178. The van der Waals surface area contributed by atoms with Gasteiger partial charge in [0.05, 0.1) is 11.4 Å². The third kappa shape index (κ3) is 1.98. The summed E-state index contributed by atoms with van der Waals surface area (Å²) in [4.78, 5) is 13.9. The van der Waals surface area contributed by atoms with Gasteiger partial charge in [0.1, 0.15) is 6.04 Å². The Kier molecular flexibility index (Phi) is 3.26. The second kappa shape index (κ2) is 4.55. The summed E-state index contributed by atoms with van der Waals surface area (Å²) < 4.78 is 0. The van der Waals surface area contributed by atoms with Gasteiger partial charge in [-0.25, -0.2) is 0 Å². The average molecular weight is 254 g/mol. The first-order chi connectivity index (χ1) is 8.06. The highest BCUT2D eigenvalue weighted by atomic mass is 35.5. The quantitative estimate of drug-likeness (QED) is 0.844. The lowest BCUT2D eigenvalue weighted by Crippen LogP contribution is -2.47. The number of hydrogen-bond donors (Lipinski definition) is 2. The van der Waals surface area contributed by atoms with Crippen molar-refractivity contribution in [3.05, 3.63) is 22.7 Å². The number of hydrogen-bond acceptors (Lipinski definition) is 3. The number of rotatable bonds is 2. The number of nitrogens with zero attached hydrogens (tertiary/aromatic N) is 1. The fourth-order valence-corrected chi connectivity index (χ4v) is 2.31. The van der Waals surface area contributed by atoms with E-state index in [0.29, 0.717) is 18.0 Å². The van der Waals surface area contributed by atoms with Crippen molar-refractivity contribution in [2.75, 3.05) is 23.8 Å². The maximum atomic E-state index is 12.0. The molecule has 1 aromatic carbocycles. The van der Waals surface area contributed by atoms with Crippen LogP contribution in [0.3, 0.4) is 0 Å². The molecule has 0 spiro atoms. The number of anilines is 2. The number of halogens is 1. The molecule has 17 heavy (non-hydrogen) atoms. The average Bonchev–Trinajstić information content (AvgIpc) is 2.30.